The van der Waals surface area contributed by atoms with E-state index in [-0.39, 0.29) is 25.0 Å². The van der Waals surface area contributed by atoms with Crippen LogP contribution >= 0.6 is 11.6 Å². The summed E-state index contributed by atoms with van der Waals surface area (Å²) in [4.78, 5) is 27.2. The maximum atomic E-state index is 13.0. The Morgan fingerprint density at radius 3 is 2.13 bits per heavy atom. The van der Waals surface area contributed by atoms with E-state index < -0.39 is 11.6 Å². The molecular formula is C23H29ClN2O4. The molecular weight excluding hydrogens is 404 g/mol. The van der Waals surface area contributed by atoms with Crippen molar-refractivity contribution in [2.45, 2.75) is 45.8 Å². The minimum absolute atomic E-state index is 0.187. The number of nitrogens with one attached hydrogen (secondary N) is 1. The van der Waals surface area contributed by atoms with Crippen LogP contribution in [-0.4, -0.2) is 42.0 Å². The molecule has 2 aromatic carbocycles. The van der Waals surface area contributed by atoms with Crippen LogP contribution in [0.4, 0.5) is 0 Å². The molecule has 0 unspecified atom stereocenters. The van der Waals surface area contributed by atoms with Crippen molar-refractivity contribution in [3.05, 3.63) is 59.1 Å². The SMILES string of the molecule is COc1ccc(OCC(=O)N(Cc2ccc(Cl)cc2)[C@@H](C)C(=O)NC(C)(C)C)cc1. The van der Waals surface area contributed by atoms with Gasteiger partial charge in [0.1, 0.15) is 17.5 Å². The summed E-state index contributed by atoms with van der Waals surface area (Å²) in [6.07, 6.45) is 0. The topological polar surface area (TPSA) is 67.9 Å². The van der Waals surface area contributed by atoms with Gasteiger partial charge in [0.15, 0.2) is 6.61 Å². The molecule has 0 saturated carbocycles. The number of amides is 2. The zero-order valence-corrected chi connectivity index (χ0v) is 18.8. The Balaban J connectivity index is 2.14. The van der Waals surface area contributed by atoms with Crippen LogP contribution in [0.2, 0.25) is 5.02 Å². The average Bonchev–Trinajstić information content (AvgIpc) is 2.70. The lowest BCUT2D eigenvalue weighted by Gasteiger charge is -2.31. The van der Waals surface area contributed by atoms with E-state index in [0.717, 1.165) is 5.56 Å². The molecule has 0 radical (unpaired) electrons. The number of halogens is 1. The molecule has 162 valence electrons. The molecule has 2 amide bonds. The van der Waals surface area contributed by atoms with E-state index in [4.69, 9.17) is 21.1 Å². The van der Waals surface area contributed by atoms with Crippen molar-refractivity contribution < 1.29 is 19.1 Å². The molecule has 0 aliphatic carbocycles. The number of carbonyl (C=O) groups is 2. The fraction of sp³-hybridized carbons (Fsp3) is 0.391. The van der Waals surface area contributed by atoms with Crippen LogP contribution in [-0.2, 0) is 16.1 Å². The fourth-order valence-corrected chi connectivity index (χ4v) is 2.87. The fourth-order valence-electron chi connectivity index (χ4n) is 2.74. The second-order valence-electron chi connectivity index (χ2n) is 8.03. The van der Waals surface area contributed by atoms with Crippen molar-refractivity contribution in [2.24, 2.45) is 0 Å². The molecule has 30 heavy (non-hydrogen) atoms. The highest BCUT2D eigenvalue weighted by molar-refractivity contribution is 6.30. The Bertz CT molecular complexity index is 845. The van der Waals surface area contributed by atoms with Crippen molar-refractivity contribution >= 4 is 23.4 Å². The molecule has 1 N–H and O–H groups in total. The summed E-state index contributed by atoms with van der Waals surface area (Å²) >= 11 is 5.96. The van der Waals surface area contributed by atoms with Gasteiger partial charge in [-0.3, -0.25) is 9.59 Å². The van der Waals surface area contributed by atoms with Crippen LogP contribution in [0.3, 0.4) is 0 Å². The Hall–Kier alpha value is -2.73. The Labute approximate surface area is 183 Å². The van der Waals surface area contributed by atoms with Gasteiger partial charge in [-0.1, -0.05) is 23.7 Å². The van der Waals surface area contributed by atoms with Crippen LogP contribution in [0.15, 0.2) is 48.5 Å². The van der Waals surface area contributed by atoms with Crippen molar-refractivity contribution in [3.8, 4) is 11.5 Å². The van der Waals surface area contributed by atoms with Crippen LogP contribution in [0.25, 0.3) is 0 Å². The van der Waals surface area contributed by atoms with Gasteiger partial charge in [0.2, 0.25) is 5.91 Å². The van der Waals surface area contributed by atoms with E-state index in [1.165, 1.54) is 4.90 Å². The number of ether oxygens (including phenoxy) is 2. The summed E-state index contributed by atoms with van der Waals surface area (Å²) in [6.45, 7) is 7.48. The molecule has 0 aromatic heterocycles. The van der Waals surface area contributed by atoms with Crippen LogP contribution in [0.1, 0.15) is 33.3 Å². The zero-order valence-electron chi connectivity index (χ0n) is 18.1. The number of rotatable bonds is 8. The lowest BCUT2D eigenvalue weighted by molar-refractivity contribution is -0.142. The van der Waals surface area contributed by atoms with Gasteiger partial charge in [0, 0.05) is 17.1 Å². The van der Waals surface area contributed by atoms with Gasteiger partial charge in [0.25, 0.3) is 5.91 Å². The smallest absolute Gasteiger partial charge is 0.261 e. The predicted octanol–water partition coefficient (Wildman–Crippen LogP) is 4.06. The molecule has 1 atom stereocenters. The minimum Gasteiger partial charge on any atom is -0.497 e. The molecule has 6 nitrogen and oxygen atoms in total. The maximum absolute atomic E-state index is 13.0. The maximum Gasteiger partial charge on any atom is 0.261 e. The number of hydrogen-bond donors (Lipinski definition) is 1. The number of nitrogens with zero attached hydrogens (tertiary/aromatic N) is 1. The predicted molar refractivity (Wildman–Crippen MR) is 118 cm³/mol. The lowest BCUT2D eigenvalue weighted by Crippen LogP contribution is -2.53. The minimum atomic E-state index is -0.674. The van der Waals surface area contributed by atoms with E-state index in [9.17, 15) is 9.59 Å². The largest absolute Gasteiger partial charge is 0.497 e. The Kier molecular flexibility index (Phi) is 8.12. The standard InChI is InChI=1S/C23H29ClN2O4/c1-16(22(28)25-23(2,3)4)26(14-17-6-8-18(24)9-7-17)21(27)15-30-20-12-10-19(29-5)11-13-20/h6-13,16H,14-15H2,1-5H3,(H,25,28)/t16-/m0/s1. The first-order valence-electron chi connectivity index (χ1n) is 9.72. The summed E-state index contributed by atoms with van der Waals surface area (Å²) in [5, 5.41) is 3.54. The monoisotopic (exact) mass is 432 g/mol. The van der Waals surface area contributed by atoms with E-state index in [0.29, 0.717) is 16.5 Å². The average molecular weight is 433 g/mol. The van der Waals surface area contributed by atoms with Gasteiger partial charge in [-0.05, 0) is 69.7 Å². The molecule has 0 saturated heterocycles. The Morgan fingerprint density at radius 1 is 1.03 bits per heavy atom. The summed E-state index contributed by atoms with van der Waals surface area (Å²) in [5.41, 5.74) is 0.465. The van der Waals surface area contributed by atoms with Gasteiger partial charge < -0.3 is 19.7 Å². The van der Waals surface area contributed by atoms with Crippen LogP contribution < -0.4 is 14.8 Å². The second-order valence-corrected chi connectivity index (χ2v) is 8.46. The molecule has 0 heterocycles. The van der Waals surface area contributed by atoms with Gasteiger partial charge >= 0.3 is 0 Å². The van der Waals surface area contributed by atoms with E-state index in [1.54, 1.807) is 50.4 Å². The summed E-state index contributed by atoms with van der Waals surface area (Å²) in [6, 6.07) is 13.5. The van der Waals surface area contributed by atoms with Crippen molar-refractivity contribution in [2.75, 3.05) is 13.7 Å². The summed E-state index contributed by atoms with van der Waals surface area (Å²) in [5.74, 6) is 0.722. The highest BCUT2D eigenvalue weighted by Gasteiger charge is 2.28. The first kappa shape index (κ1) is 23.5. The number of benzene rings is 2. The lowest BCUT2D eigenvalue weighted by atomic mass is 10.1. The van der Waals surface area contributed by atoms with E-state index >= 15 is 0 Å². The normalized spacial score (nSPS) is 12.1. The Morgan fingerprint density at radius 2 is 1.60 bits per heavy atom. The molecule has 0 spiro atoms. The van der Waals surface area contributed by atoms with Gasteiger partial charge in [-0.25, -0.2) is 0 Å². The first-order chi connectivity index (χ1) is 14.1. The third-order valence-electron chi connectivity index (χ3n) is 4.35. The van der Waals surface area contributed by atoms with Crippen molar-refractivity contribution in [3.63, 3.8) is 0 Å². The molecule has 2 aromatic rings. The number of hydrogen-bond acceptors (Lipinski definition) is 4. The van der Waals surface area contributed by atoms with E-state index in [2.05, 4.69) is 5.32 Å². The van der Waals surface area contributed by atoms with E-state index in [1.807, 2.05) is 32.9 Å². The van der Waals surface area contributed by atoms with Crippen LogP contribution in [0, 0.1) is 0 Å². The zero-order chi connectivity index (χ0) is 22.3. The summed E-state index contributed by atoms with van der Waals surface area (Å²) in [7, 11) is 1.58. The number of methoxy groups -OCH3 is 1. The molecule has 0 aliphatic rings. The second kappa shape index (κ2) is 10.3. The third kappa shape index (κ3) is 7.26. The van der Waals surface area contributed by atoms with Crippen molar-refractivity contribution in [1.82, 2.24) is 10.2 Å². The first-order valence-corrected chi connectivity index (χ1v) is 10.1. The van der Waals surface area contributed by atoms with Crippen molar-refractivity contribution in [1.29, 1.82) is 0 Å². The van der Waals surface area contributed by atoms with Gasteiger partial charge in [0.05, 0.1) is 7.11 Å². The highest BCUT2D eigenvalue weighted by atomic mass is 35.5. The molecule has 7 heteroatoms. The van der Waals surface area contributed by atoms with Crippen LogP contribution in [0.5, 0.6) is 11.5 Å². The number of carbonyl (C=O) groups excluding carboxylic acids is 2. The van der Waals surface area contributed by atoms with Gasteiger partial charge in [-0.2, -0.15) is 0 Å². The molecule has 2 rings (SSSR count). The van der Waals surface area contributed by atoms with Gasteiger partial charge in [-0.15, -0.1) is 0 Å². The highest BCUT2D eigenvalue weighted by Crippen LogP contribution is 2.18. The molecule has 0 fully saturated rings. The third-order valence-corrected chi connectivity index (χ3v) is 4.61. The molecule has 0 aliphatic heterocycles. The quantitative estimate of drug-likeness (QED) is 0.683. The summed E-state index contributed by atoms with van der Waals surface area (Å²) < 4.78 is 10.8. The molecule has 0 bridgehead atoms.